The van der Waals surface area contributed by atoms with Gasteiger partial charge in [-0.1, -0.05) is 0 Å². The van der Waals surface area contributed by atoms with Crippen molar-refractivity contribution in [3.63, 3.8) is 0 Å². The first-order chi connectivity index (χ1) is 8.52. The molecule has 0 radical (unpaired) electrons. The zero-order chi connectivity index (χ0) is 13.3. The van der Waals surface area contributed by atoms with E-state index in [0.717, 1.165) is 6.54 Å². The molecule has 1 aliphatic rings. The van der Waals surface area contributed by atoms with Crippen molar-refractivity contribution in [2.75, 3.05) is 31.6 Å². The van der Waals surface area contributed by atoms with E-state index in [1.165, 1.54) is 12.1 Å². The van der Waals surface area contributed by atoms with E-state index in [1.54, 1.807) is 4.90 Å². The van der Waals surface area contributed by atoms with Gasteiger partial charge in [0.2, 0.25) is 0 Å². The van der Waals surface area contributed by atoms with Gasteiger partial charge in [-0.25, -0.2) is 8.78 Å². The van der Waals surface area contributed by atoms with E-state index in [0.29, 0.717) is 13.1 Å². The highest BCUT2D eigenvalue weighted by Gasteiger charge is 2.25. The summed E-state index contributed by atoms with van der Waals surface area (Å²) in [4.78, 5) is 3.89. The SMILES string of the molecule is CC1CN(c2c(F)cc(CO)cc2F)CCN1C. The predicted octanol–water partition coefficient (Wildman–Crippen LogP) is 1.60. The minimum absolute atomic E-state index is 0.0205. The molecule has 1 saturated heterocycles. The van der Waals surface area contributed by atoms with Crippen LogP contribution in [0.4, 0.5) is 14.5 Å². The molecule has 1 N–H and O–H groups in total. The number of anilines is 1. The van der Waals surface area contributed by atoms with E-state index in [-0.39, 0.29) is 23.9 Å². The Hall–Kier alpha value is -1.20. The Balaban J connectivity index is 2.28. The highest BCUT2D eigenvalue weighted by molar-refractivity contribution is 5.51. The predicted molar refractivity (Wildman–Crippen MR) is 66.6 cm³/mol. The van der Waals surface area contributed by atoms with Gasteiger partial charge >= 0.3 is 0 Å². The standard InChI is InChI=1S/C13H18F2N2O/c1-9-7-17(4-3-16(9)2)13-11(14)5-10(8-18)6-12(13)15/h5-6,9,18H,3-4,7-8H2,1-2H3. The number of nitrogens with zero attached hydrogens (tertiary/aromatic N) is 2. The van der Waals surface area contributed by atoms with Crippen LogP contribution >= 0.6 is 0 Å². The maximum Gasteiger partial charge on any atom is 0.149 e. The third-order valence-electron chi connectivity index (χ3n) is 3.54. The second-order valence-electron chi connectivity index (χ2n) is 4.84. The molecule has 1 fully saturated rings. The van der Waals surface area contributed by atoms with Crippen LogP contribution in [0, 0.1) is 11.6 Å². The van der Waals surface area contributed by atoms with Crippen molar-refractivity contribution < 1.29 is 13.9 Å². The Labute approximate surface area is 106 Å². The molecule has 1 aromatic rings. The lowest BCUT2D eigenvalue weighted by atomic mass is 10.1. The molecule has 100 valence electrons. The number of hydrogen-bond donors (Lipinski definition) is 1. The summed E-state index contributed by atoms with van der Waals surface area (Å²) in [7, 11) is 2.00. The normalized spacial score (nSPS) is 21.4. The quantitative estimate of drug-likeness (QED) is 0.870. The molecule has 0 aliphatic carbocycles. The van der Waals surface area contributed by atoms with E-state index < -0.39 is 11.6 Å². The molecule has 3 nitrogen and oxygen atoms in total. The molecule has 1 aromatic carbocycles. The summed E-state index contributed by atoms with van der Waals surface area (Å²) in [5.74, 6) is -1.20. The summed E-state index contributed by atoms with van der Waals surface area (Å²) < 4.78 is 27.8. The molecule has 0 spiro atoms. The second-order valence-corrected chi connectivity index (χ2v) is 4.84. The molecule has 0 saturated carbocycles. The summed E-state index contributed by atoms with van der Waals surface area (Å²) in [6.45, 7) is 3.66. The molecule has 1 heterocycles. The van der Waals surface area contributed by atoms with Crippen LogP contribution in [0.5, 0.6) is 0 Å². The molecular formula is C13H18F2N2O. The van der Waals surface area contributed by atoms with Crippen molar-refractivity contribution in [2.24, 2.45) is 0 Å². The first-order valence-electron chi connectivity index (χ1n) is 6.07. The second kappa shape index (κ2) is 5.20. The smallest absolute Gasteiger partial charge is 0.149 e. The number of rotatable bonds is 2. The summed E-state index contributed by atoms with van der Waals surface area (Å²) >= 11 is 0. The van der Waals surface area contributed by atoms with Gasteiger partial charge in [-0.15, -0.1) is 0 Å². The number of hydrogen-bond acceptors (Lipinski definition) is 3. The van der Waals surface area contributed by atoms with E-state index in [4.69, 9.17) is 5.11 Å². The maximum atomic E-state index is 13.9. The highest BCUT2D eigenvalue weighted by atomic mass is 19.1. The van der Waals surface area contributed by atoms with Crippen molar-refractivity contribution in [2.45, 2.75) is 19.6 Å². The Morgan fingerprint density at radius 3 is 2.39 bits per heavy atom. The van der Waals surface area contributed by atoms with E-state index in [2.05, 4.69) is 4.90 Å². The lowest BCUT2D eigenvalue weighted by Crippen LogP contribution is -2.50. The van der Waals surface area contributed by atoms with Crippen LogP contribution in [0.1, 0.15) is 12.5 Å². The molecule has 2 rings (SSSR count). The third kappa shape index (κ3) is 2.47. The average Bonchev–Trinajstić information content (AvgIpc) is 2.32. The van der Waals surface area contributed by atoms with Crippen molar-refractivity contribution in [3.8, 4) is 0 Å². The molecular weight excluding hydrogens is 238 g/mol. The van der Waals surface area contributed by atoms with Crippen molar-refractivity contribution >= 4 is 5.69 Å². The largest absolute Gasteiger partial charge is 0.392 e. The molecule has 1 atom stereocenters. The number of aliphatic hydroxyl groups is 1. The van der Waals surface area contributed by atoms with Gasteiger partial charge in [0.25, 0.3) is 0 Å². The zero-order valence-corrected chi connectivity index (χ0v) is 10.7. The van der Waals surface area contributed by atoms with Crippen LogP contribution in [-0.2, 0) is 6.61 Å². The Kier molecular flexibility index (Phi) is 3.82. The third-order valence-corrected chi connectivity index (χ3v) is 3.54. The van der Waals surface area contributed by atoms with Crippen LogP contribution < -0.4 is 4.90 Å². The zero-order valence-electron chi connectivity index (χ0n) is 10.7. The minimum atomic E-state index is -0.601. The maximum absolute atomic E-state index is 13.9. The fourth-order valence-electron chi connectivity index (χ4n) is 2.26. The summed E-state index contributed by atoms with van der Waals surface area (Å²) in [5, 5.41) is 8.91. The van der Waals surface area contributed by atoms with E-state index in [1.807, 2.05) is 14.0 Å². The number of benzene rings is 1. The van der Waals surface area contributed by atoms with E-state index >= 15 is 0 Å². The Morgan fingerprint density at radius 1 is 1.28 bits per heavy atom. The highest BCUT2D eigenvalue weighted by Crippen LogP contribution is 2.27. The van der Waals surface area contributed by atoms with Gasteiger partial charge in [-0.2, -0.15) is 0 Å². The van der Waals surface area contributed by atoms with Crippen molar-refractivity contribution in [1.29, 1.82) is 0 Å². The fraction of sp³-hybridized carbons (Fsp3) is 0.538. The van der Waals surface area contributed by atoms with Crippen molar-refractivity contribution in [3.05, 3.63) is 29.3 Å². The summed E-state index contributed by atoms with van der Waals surface area (Å²) in [6, 6.07) is 2.65. The number of halogens is 2. The molecule has 1 unspecified atom stereocenters. The number of piperazine rings is 1. The monoisotopic (exact) mass is 256 g/mol. The fourth-order valence-corrected chi connectivity index (χ4v) is 2.26. The van der Waals surface area contributed by atoms with Gasteiger partial charge in [0.1, 0.15) is 17.3 Å². The van der Waals surface area contributed by atoms with Gasteiger partial charge in [0.15, 0.2) is 0 Å². The van der Waals surface area contributed by atoms with E-state index in [9.17, 15) is 8.78 Å². The molecule has 0 amide bonds. The summed E-state index contributed by atoms with van der Waals surface area (Å²) in [5.41, 5.74) is 0.281. The lowest BCUT2D eigenvalue weighted by molar-refractivity contribution is 0.232. The van der Waals surface area contributed by atoms with Gasteiger partial charge in [-0.3, -0.25) is 0 Å². The van der Waals surface area contributed by atoms with Gasteiger partial charge < -0.3 is 14.9 Å². The number of aliphatic hydroxyl groups excluding tert-OH is 1. The minimum Gasteiger partial charge on any atom is -0.392 e. The molecule has 5 heteroatoms. The number of likely N-dealkylation sites (N-methyl/N-ethyl adjacent to an activating group) is 1. The van der Waals surface area contributed by atoms with Crippen molar-refractivity contribution in [1.82, 2.24) is 4.90 Å². The average molecular weight is 256 g/mol. The van der Waals surface area contributed by atoms with Gasteiger partial charge in [0, 0.05) is 25.7 Å². The Bertz CT molecular complexity index is 416. The molecule has 1 aliphatic heterocycles. The van der Waals surface area contributed by atoms with Crippen LogP contribution in [-0.4, -0.2) is 42.7 Å². The van der Waals surface area contributed by atoms with Crippen LogP contribution in [0.25, 0.3) is 0 Å². The topological polar surface area (TPSA) is 26.7 Å². The van der Waals surface area contributed by atoms with Gasteiger partial charge in [-0.05, 0) is 31.7 Å². The Morgan fingerprint density at radius 2 is 1.89 bits per heavy atom. The van der Waals surface area contributed by atoms with Crippen LogP contribution in [0.2, 0.25) is 0 Å². The van der Waals surface area contributed by atoms with Crippen LogP contribution in [0.15, 0.2) is 12.1 Å². The molecule has 0 bridgehead atoms. The first kappa shape index (κ1) is 13.2. The molecule has 0 aromatic heterocycles. The summed E-state index contributed by atoms with van der Waals surface area (Å²) in [6.07, 6.45) is 0. The van der Waals surface area contributed by atoms with Gasteiger partial charge in [0.05, 0.1) is 6.61 Å². The van der Waals surface area contributed by atoms with Crippen LogP contribution in [0.3, 0.4) is 0 Å². The first-order valence-corrected chi connectivity index (χ1v) is 6.07. The lowest BCUT2D eigenvalue weighted by Gasteiger charge is -2.39. The molecule has 18 heavy (non-hydrogen) atoms.